The highest BCUT2D eigenvalue weighted by molar-refractivity contribution is 5.90. The van der Waals surface area contributed by atoms with Gasteiger partial charge in [0.05, 0.1) is 0 Å². The molecule has 0 saturated heterocycles. The van der Waals surface area contributed by atoms with Crippen molar-refractivity contribution in [2.75, 3.05) is 0 Å². The van der Waals surface area contributed by atoms with Crippen LogP contribution < -0.4 is 10.6 Å². The number of nitrogens with one attached hydrogen (secondary N) is 2. The summed E-state index contributed by atoms with van der Waals surface area (Å²) < 4.78 is 0. The molecule has 0 fully saturated rings. The van der Waals surface area contributed by atoms with Gasteiger partial charge in [0.2, 0.25) is 11.8 Å². The molecule has 0 aromatic heterocycles. The summed E-state index contributed by atoms with van der Waals surface area (Å²) in [5.41, 5.74) is 1.81. The fraction of sp³-hybridized carbons (Fsp3) is 0.227. The minimum atomic E-state index is -1.13. The molecule has 6 heteroatoms. The Labute approximate surface area is 164 Å². The third kappa shape index (κ3) is 7.07. The van der Waals surface area contributed by atoms with E-state index in [0.29, 0.717) is 0 Å². The third-order valence-corrected chi connectivity index (χ3v) is 4.07. The molecule has 3 N–H and O–H groups in total. The second-order valence-corrected chi connectivity index (χ2v) is 6.39. The Hall–Kier alpha value is -3.41. The molecule has 0 aliphatic carbocycles. The second kappa shape index (κ2) is 10.7. The Morgan fingerprint density at radius 1 is 0.929 bits per heavy atom. The highest BCUT2D eigenvalue weighted by Crippen LogP contribution is 2.06. The first-order valence-corrected chi connectivity index (χ1v) is 9.01. The van der Waals surface area contributed by atoms with E-state index in [4.69, 9.17) is 0 Å². The van der Waals surface area contributed by atoms with Gasteiger partial charge in [-0.2, -0.15) is 0 Å². The molecular formula is C22H24N2O4. The Balaban J connectivity index is 2.03. The highest BCUT2D eigenvalue weighted by Gasteiger charge is 2.25. The minimum absolute atomic E-state index is 0.133. The van der Waals surface area contributed by atoms with E-state index in [1.807, 2.05) is 60.7 Å². The van der Waals surface area contributed by atoms with Gasteiger partial charge in [0.15, 0.2) is 0 Å². The van der Waals surface area contributed by atoms with Crippen LogP contribution in [0.4, 0.5) is 0 Å². The number of carboxylic acid groups (broad SMARTS) is 1. The van der Waals surface area contributed by atoms with Gasteiger partial charge in [-0.3, -0.25) is 9.59 Å². The van der Waals surface area contributed by atoms with Crippen LogP contribution in [0.3, 0.4) is 0 Å². The van der Waals surface area contributed by atoms with E-state index in [2.05, 4.69) is 10.6 Å². The SMILES string of the molecule is CC(=O)N[C@H](Cc1ccccc1)C(=O)N[C@@H](C/C=C/c1ccccc1)C(=O)O. The molecule has 0 spiro atoms. The summed E-state index contributed by atoms with van der Waals surface area (Å²) in [5.74, 6) is -2.01. The van der Waals surface area contributed by atoms with Crippen molar-refractivity contribution in [3.8, 4) is 0 Å². The molecule has 2 aromatic carbocycles. The molecule has 2 atom stereocenters. The maximum absolute atomic E-state index is 12.6. The molecule has 0 radical (unpaired) electrons. The zero-order valence-electron chi connectivity index (χ0n) is 15.7. The average Bonchev–Trinajstić information content (AvgIpc) is 2.67. The van der Waals surface area contributed by atoms with Crippen molar-refractivity contribution in [1.82, 2.24) is 10.6 Å². The first-order chi connectivity index (χ1) is 13.5. The molecule has 146 valence electrons. The molecule has 2 rings (SSSR count). The van der Waals surface area contributed by atoms with E-state index in [9.17, 15) is 19.5 Å². The Morgan fingerprint density at radius 3 is 2.11 bits per heavy atom. The van der Waals surface area contributed by atoms with E-state index in [-0.39, 0.29) is 18.7 Å². The van der Waals surface area contributed by atoms with Gasteiger partial charge in [-0.15, -0.1) is 0 Å². The van der Waals surface area contributed by atoms with Crippen LogP contribution in [0.5, 0.6) is 0 Å². The van der Waals surface area contributed by atoms with Crippen molar-refractivity contribution in [2.45, 2.75) is 31.8 Å². The zero-order chi connectivity index (χ0) is 20.4. The van der Waals surface area contributed by atoms with Crippen LogP contribution >= 0.6 is 0 Å². The van der Waals surface area contributed by atoms with Gasteiger partial charge in [0, 0.05) is 13.3 Å². The van der Waals surface area contributed by atoms with Crippen LogP contribution in [-0.4, -0.2) is 35.0 Å². The molecular weight excluding hydrogens is 356 g/mol. The summed E-state index contributed by atoms with van der Waals surface area (Å²) in [6.45, 7) is 1.32. The second-order valence-electron chi connectivity index (χ2n) is 6.39. The zero-order valence-corrected chi connectivity index (χ0v) is 15.7. The minimum Gasteiger partial charge on any atom is -0.480 e. The summed E-state index contributed by atoms with van der Waals surface area (Å²) in [6.07, 6.45) is 3.92. The lowest BCUT2D eigenvalue weighted by Crippen LogP contribution is -2.52. The Morgan fingerprint density at radius 2 is 1.54 bits per heavy atom. The monoisotopic (exact) mass is 380 g/mol. The summed E-state index contributed by atoms with van der Waals surface area (Å²) >= 11 is 0. The average molecular weight is 380 g/mol. The summed E-state index contributed by atoms with van der Waals surface area (Å²) in [6, 6.07) is 16.8. The number of aliphatic carboxylic acids is 1. The Bertz CT molecular complexity index is 819. The maximum Gasteiger partial charge on any atom is 0.326 e. The molecule has 0 saturated carbocycles. The van der Waals surface area contributed by atoms with E-state index < -0.39 is 24.0 Å². The molecule has 6 nitrogen and oxygen atoms in total. The smallest absolute Gasteiger partial charge is 0.326 e. The first kappa shape index (κ1) is 20.9. The molecule has 0 unspecified atom stereocenters. The topological polar surface area (TPSA) is 95.5 Å². The maximum atomic E-state index is 12.6. The van der Waals surface area contributed by atoms with Crippen LogP contribution in [0.2, 0.25) is 0 Å². The van der Waals surface area contributed by atoms with Gasteiger partial charge in [0.25, 0.3) is 0 Å². The molecule has 0 heterocycles. The van der Waals surface area contributed by atoms with Gasteiger partial charge in [-0.05, 0) is 17.5 Å². The number of hydrogen-bond donors (Lipinski definition) is 3. The predicted octanol–water partition coefficient (Wildman–Crippen LogP) is 2.41. The van der Waals surface area contributed by atoms with Crippen LogP contribution in [0.15, 0.2) is 66.7 Å². The van der Waals surface area contributed by atoms with Crippen molar-refractivity contribution >= 4 is 23.9 Å². The van der Waals surface area contributed by atoms with E-state index in [1.165, 1.54) is 6.92 Å². The lowest BCUT2D eigenvalue weighted by Gasteiger charge is -2.20. The number of carbonyl (C=O) groups is 3. The van der Waals surface area contributed by atoms with Crippen LogP contribution in [0.1, 0.15) is 24.5 Å². The molecule has 0 aliphatic heterocycles. The van der Waals surface area contributed by atoms with Gasteiger partial charge in [0.1, 0.15) is 12.1 Å². The number of carboxylic acids is 1. The normalized spacial score (nSPS) is 12.9. The summed E-state index contributed by atoms with van der Waals surface area (Å²) in [7, 11) is 0. The number of hydrogen-bond acceptors (Lipinski definition) is 3. The van der Waals surface area contributed by atoms with E-state index in [1.54, 1.807) is 12.2 Å². The van der Waals surface area contributed by atoms with E-state index >= 15 is 0 Å². The standard InChI is InChI=1S/C22H24N2O4/c1-16(25)23-20(15-18-11-6-3-7-12-18)21(26)24-19(22(27)28)14-8-13-17-9-4-2-5-10-17/h2-13,19-20H,14-15H2,1H3,(H,23,25)(H,24,26)(H,27,28)/b13-8+/t19-,20+/m0/s1. The Kier molecular flexibility index (Phi) is 7.96. The van der Waals surface area contributed by atoms with Crippen molar-refractivity contribution in [3.63, 3.8) is 0 Å². The van der Waals surface area contributed by atoms with E-state index in [0.717, 1.165) is 11.1 Å². The van der Waals surface area contributed by atoms with Crippen molar-refractivity contribution in [2.24, 2.45) is 0 Å². The molecule has 2 aromatic rings. The fourth-order valence-electron chi connectivity index (χ4n) is 2.70. The largest absolute Gasteiger partial charge is 0.480 e. The molecule has 0 aliphatic rings. The quantitative estimate of drug-likeness (QED) is 0.622. The number of benzene rings is 2. The van der Waals surface area contributed by atoms with Crippen LogP contribution in [-0.2, 0) is 20.8 Å². The van der Waals surface area contributed by atoms with Gasteiger partial charge < -0.3 is 15.7 Å². The fourth-order valence-corrected chi connectivity index (χ4v) is 2.70. The number of rotatable bonds is 9. The lowest BCUT2D eigenvalue weighted by molar-refractivity contribution is -0.142. The van der Waals surface area contributed by atoms with Gasteiger partial charge in [-0.25, -0.2) is 4.79 Å². The van der Waals surface area contributed by atoms with Gasteiger partial charge in [-0.1, -0.05) is 72.8 Å². The van der Waals surface area contributed by atoms with Crippen molar-refractivity contribution in [3.05, 3.63) is 77.9 Å². The molecule has 28 heavy (non-hydrogen) atoms. The first-order valence-electron chi connectivity index (χ1n) is 9.01. The van der Waals surface area contributed by atoms with Gasteiger partial charge >= 0.3 is 5.97 Å². The number of amides is 2. The predicted molar refractivity (Wildman–Crippen MR) is 107 cm³/mol. The van der Waals surface area contributed by atoms with Crippen LogP contribution in [0.25, 0.3) is 6.08 Å². The van der Waals surface area contributed by atoms with Crippen molar-refractivity contribution in [1.29, 1.82) is 0 Å². The molecule has 0 bridgehead atoms. The summed E-state index contributed by atoms with van der Waals surface area (Å²) in [4.78, 5) is 35.6. The van der Waals surface area contributed by atoms with Crippen molar-refractivity contribution < 1.29 is 19.5 Å². The highest BCUT2D eigenvalue weighted by atomic mass is 16.4. The van der Waals surface area contributed by atoms with Crippen LogP contribution in [0, 0.1) is 0 Å². The lowest BCUT2D eigenvalue weighted by atomic mass is 10.0. The molecule has 2 amide bonds. The number of carbonyl (C=O) groups excluding carboxylic acids is 2. The summed E-state index contributed by atoms with van der Waals surface area (Å²) in [5, 5.41) is 14.6. The third-order valence-electron chi connectivity index (χ3n) is 4.07.